The summed E-state index contributed by atoms with van der Waals surface area (Å²) in [6, 6.07) is 3.47. The van der Waals surface area contributed by atoms with Gasteiger partial charge in [-0.25, -0.2) is 0 Å². The molecule has 0 spiro atoms. The summed E-state index contributed by atoms with van der Waals surface area (Å²) in [6.07, 6.45) is 3.75. The van der Waals surface area contributed by atoms with Gasteiger partial charge < -0.3 is 5.73 Å². The van der Waals surface area contributed by atoms with Crippen LogP contribution in [0.4, 0.5) is 0 Å². The SMILES string of the molecule is CN=C(Cl)/C(C=O)=C(\N)c1cccnc1. The molecular formula is C10H10ClN3O. The first kappa shape index (κ1) is 11.4. The number of nitrogens with two attached hydrogens (primary N) is 1. The van der Waals surface area contributed by atoms with Crippen LogP contribution in [-0.2, 0) is 4.79 Å². The number of hydrogen-bond acceptors (Lipinski definition) is 4. The minimum absolute atomic E-state index is 0.0892. The molecular weight excluding hydrogens is 214 g/mol. The van der Waals surface area contributed by atoms with Crippen molar-refractivity contribution in [2.75, 3.05) is 7.05 Å². The van der Waals surface area contributed by atoms with Gasteiger partial charge in [-0.05, 0) is 12.1 Å². The molecule has 0 aliphatic rings. The number of rotatable bonds is 3. The number of hydrogen-bond donors (Lipinski definition) is 1. The van der Waals surface area contributed by atoms with Crippen molar-refractivity contribution in [3.63, 3.8) is 0 Å². The van der Waals surface area contributed by atoms with Crippen LogP contribution in [0.1, 0.15) is 5.56 Å². The number of carbonyl (C=O) groups excluding carboxylic acids is 1. The Kier molecular flexibility index (Phi) is 4.00. The molecule has 2 N–H and O–H groups in total. The van der Waals surface area contributed by atoms with Crippen LogP contribution in [0.15, 0.2) is 35.1 Å². The van der Waals surface area contributed by atoms with E-state index < -0.39 is 0 Å². The van der Waals surface area contributed by atoms with Gasteiger partial charge in [-0.2, -0.15) is 0 Å². The van der Waals surface area contributed by atoms with E-state index in [1.165, 1.54) is 7.05 Å². The number of aromatic nitrogens is 1. The number of pyridine rings is 1. The molecule has 0 aliphatic heterocycles. The topological polar surface area (TPSA) is 68.3 Å². The molecule has 0 aromatic carbocycles. The smallest absolute Gasteiger partial charge is 0.155 e. The predicted molar refractivity (Wildman–Crippen MR) is 60.6 cm³/mol. The van der Waals surface area contributed by atoms with Gasteiger partial charge in [-0.15, -0.1) is 0 Å². The van der Waals surface area contributed by atoms with E-state index in [2.05, 4.69) is 9.98 Å². The first-order chi connectivity index (χ1) is 7.20. The molecule has 0 saturated carbocycles. The molecule has 0 unspecified atom stereocenters. The van der Waals surface area contributed by atoms with Crippen molar-refractivity contribution in [3.8, 4) is 0 Å². The maximum Gasteiger partial charge on any atom is 0.155 e. The van der Waals surface area contributed by atoms with Crippen LogP contribution < -0.4 is 5.73 Å². The number of halogens is 1. The summed E-state index contributed by atoms with van der Waals surface area (Å²) in [7, 11) is 1.49. The highest BCUT2D eigenvalue weighted by molar-refractivity contribution is 6.72. The molecule has 1 aromatic heterocycles. The molecule has 1 aromatic rings. The largest absolute Gasteiger partial charge is 0.398 e. The zero-order valence-corrected chi connectivity index (χ0v) is 8.90. The fourth-order valence-electron chi connectivity index (χ4n) is 1.02. The molecule has 0 atom stereocenters. The van der Waals surface area contributed by atoms with Gasteiger partial charge in [0, 0.05) is 25.0 Å². The molecule has 78 valence electrons. The van der Waals surface area contributed by atoms with Gasteiger partial charge in [0.1, 0.15) is 5.17 Å². The van der Waals surface area contributed by atoms with Gasteiger partial charge in [0.25, 0.3) is 0 Å². The minimum Gasteiger partial charge on any atom is -0.398 e. The highest BCUT2D eigenvalue weighted by atomic mass is 35.5. The minimum atomic E-state index is 0.0892. The van der Waals surface area contributed by atoms with Crippen LogP contribution in [0.3, 0.4) is 0 Å². The molecule has 4 nitrogen and oxygen atoms in total. The Hall–Kier alpha value is -1.68. The molecule has 0 radical (unpaired) electrons. The first-order valence-electron chi connectivity index (χ1n) is 4.18. The van der Waals surface area contributed by atoms with Gasteiger partial charge in [0.05, 0.1) is 11.3 Å². The number of allylic oxidation sites excluding steroid dienone is 1. The summed E-state index contributed by atoms with van der Waals surface area (Å²) >= 11 is 5.74. The van der Waals surface area contributed by atoms with Crippen molar-refractivity contribution >= 4 is 28.8 Å². The molecule has 15 heavy (non-hydrogen) atoms. The lowest BCUT2D eigenvalue weighted by atomic mass is 10.1. The fraction of sp³-hybridized carbons (Fsp3) is 0.100. The van der Waals surface area contributed by atoms with E-state index in [0.29, 0.717) is 11.8 Å². The average molecular weight is 224 g/mol. The average Bonchev–Trinajstić information content (AvgIpc) is 2.30. The second-order valence-corrected chi connectivity index (χ2v) is 3.06. The Bertz CT molecular complexity index is 412. The Morgan fingerprint density at radius 1 is 1.67 bits per heavy atom. The Morgan fingerprint density at radius 2 is 2.40 bits per heavy atom. The summed E-state index contributed by atoms with van der Waals surface area (Å²) in [5.74, 6) is 0. The zero-order chi connectivity index (χ0) is 11.3. The van der Waals surface area contributed by atoms with E-state index in [9.17, 15) is 4.79 Å². The summed E-state index contributed by atoms with van der Waals surface area (Å²) in [5, 5.41) is 0.0892. The van der Waals surface area contributed by atoms with Crippen LogP contribution in [0, 0.1) is 0 Å². The molecule has 5 heteroatoms. The maximum absolute atomic E-state index is 10.8. The van der Waals surface area contributed by atoms with Gasteiger partial charge in [0.2, 0.25) is 0 Å². The van der Waals surface area contributed by atoms with E-state index >= 15 is 0 Å². The van der Waals surface area contributed by atoms with Crippen molar-refractivity contribution < 1.29 is 4.79 Å². The van der Waals surface area contributed by atoms with E-state index in [0.717, 1.165) is 0 Å². The summed E-state index contributed by atoms with van der Waals surface area (Å²) in [6.45, 7) is 0. The third-order valence-corrected chi connectivity index (χ3v) is 2.17. The number of nitrogens with zero attached hydrogens (tertiary/aromatic N) is 2. The van der Waals surface area contributed by atoms with Crippen LogP contribution >= 0.6 is 11.6 Å². The number of aldehydes is 1. The summed E-state index contributed by atoms with van der Waals surface area (Å²) in [4.78, 5) is 18.4. The number of carbonyl (C=O) groups is 1. The third kappa shape index (κ3) is 2.63. The molecule has 1 heterocycles. The predicted octanol–water partition coefficient (Wildman–Crippen LogP) is 1.22. The Labute approximate surface area is 92.5 Å². The van der Waals surface area contributed by atoms with Crippen molar-refractivity contribution in [1.29, 1.82) is 0 Å². The first-order valence-corrected chi connectivity index (χ1v) is 4.56. The fourth-order valence-corrected chi connectivity index (χ4v) is 1.17. The molecule has 1 rings (SSSR count). The van der Waals surface area contributed by atoms with Crippen molar-refractivity contribution in [2.45, 2.75) is 0 Å². The van der Waals surface area contributed by atoms with Crippen molar-refractivity contribution in [3.05, 3.63) is 35.7 Å². The standard InChI is InChI=1S/C10H10ClN3O/c1-13-10(11)8(6-15)9(12)7-3-2-4-14-5-7/h2-6H,12H2,1H3/b9-8-,13-10?. The van der Waals surface area contributed by atoms with Crippen LogP contribution in [0.25, 0.3) is 5.70 Å². The zero-order valence-electron chi connectivity index (χ0n) is 8.14. The molecule has 0 bridgehead atoms. The monoisotopic (exact) mass is 223 g/mol. The lowest BCUT2D eigenvalue weighted by Crippen LogP contribution is -2.08. The van der Waals surface area contributed by atoms with Gasteiger partial charge in [-0.3, -0.25) is 14.8 Å². The summed E-state index contributed by atoms with van der Waals surface area (Å²) < 4.78 is 0. The van der Waals surface area contributed by atoms with Gasteiger partial charge in [-0.1, -0.05) is 11.6 Å². The molecule has 0 amide bonds. The van der Waals surface area contributed by atoms with Crippen molar-refractivity contribution in [2.24, 2.45) is 10.7 Å². The van der Waals surface area contributed by atoms with E-state index in [1.807, 2.05) is 0 Å². The van der Waals surface area contributed by atoms with Crippen LogP contribution in [-0.4, -0.2) is 23.5 Å². The van der Waals surface area contributed by atoms with E-state index in [1.54, 1.807) is 24.5 Å². The highest BCUT2D eigenvalue weighted by Crippen LogP contribution is 2.13. The lowest BCUT2D eigenvalue weighted by molar-refractivity contribution is -0.104. The third-order valence-electron chi connectivity index (χ3n) is 1.80. The number of aliphatic imine (C=N–C) groups is 1. The Morgan fingerprint density at radius 3 is 2.87 bits per heavy atom. The van der Waals surface area contributed by atoms with Crippen LogP contribution in [0.5, 0.6) is 0 Å². The van der Waals surface area contributed by atoms with Gasteiger partial charge in [0.15, 0.2) is 6.29 Å². The molecule has 0 aliphatic carbocycles. The van der Waals surface area contributed by atoms with E-state index in [-0.39, 0.29) is 16.4 Å². The molecule has 0 fully saturated rings. The second kappa shape index (κ2) is 5.26. The van der Waals surface area contributed by atoms with Crippen molar-refractivity contribution in [1.82, 2.24) is 4.98 Å². The van der Waals surface area contributed by atoms with E-state index in [4.69, 9.17) is 17.3 Å². The molecule has 0 saturated heterocycles. The van der Waals surface area contributed by atoms with Gasteiger partial charge >= 0.3 is 0 Å². The summed E-state index contributed by atoms with van der Waals surface area (Å²) in [5.41, 5.74) is 6.85. The van der Waals surface area contributed by atoms with Crippen LogP contribution in [0.2, 0.25) is 0 Å². The quantitative estimate of drug-likeness (QED) is 0.476. The second-order valence-electron chi connectivity index (χ2n) is 2.70. The highest BCUT2D eigenvalue weighted by Gasteiger charge is 2.09. The Balaban J connectivity index is 3.24. The normalized spacial score (nSPS) is 13.3. The lowest BCUT2D eigenvalue weighted by Gasteiger charge is -2.04. The maximum atomic E-state index is 10.8.